The third kappa shape index (κ3) is 4.47. The fourth-order valence-electron chi connectivity index (χ4n) is 2.30. The minimum atomic E-state index is -4.43. The quantitative estimate of drug-likeness (QED) is 0.608. The lowest BCUT2D eigenvalue weighted by Crippen LogP contribution is -2.06. The molecule has 2 N–H and O–H groups in total. The van der Waals surface area contributed by atoms with E-state index in [1.165, 1.54) is 30.3 Å². The van der Waals surface area contributed by atoms with Crippen molar-refractivity contribution in [1.82, 2.24) is 9.97 Å². The molecule has 1 aromatic heterocycles. The molecule has 1 heterocycles. The predicted molar refractivity (Wildman–Crippen MR) is 91.2 cm³/mol. The first kappa shape index (κ1) is 17.7. The topological polar surface area (TPSA) is 49.8 Å². The van der Waals surface area contributed by atoms with Gasteiger partial charge in [0.25, 0.3) is 0 Å². The van der Waals surface area contributed by atoms with Crippen LogP contribution in [0.25, 0.3) is 0 Å². The molecule has 0 aliphatic heterocycles. The van der Waals surface area contributed by atoms with E-state index in [1.54, 1.807) is 19.1 Å². The van der Waals surface area contributed by atoms with Gasteiger partial charge in [-0.15, -0.1) is 0 Å². The first-order valence-corrected chi connectivity index (χ1v) is 7.62. The summed E-state index contributed by atoms with van der Waals surface area (Å²) < 4.78 is 51.7. The van der Waals surface area contributed by atoms with Gasteiger partial charge in [0.15, 0.2) is 0 Å². The van der Waals surface area contributed by atoms with E-state index in [4.69, 9.17) is 0 Å². The van der Waals surface area contributed by atoms with Gasteiger partial charge in [-0.25, -0.2) is 9.37 Å². The van der Waals surface area contributed by atoms with Crippen molar-refractivity contribution in [3.63, 3.8) is 0 Å². The molecule has 0 bridgehead atoms. The number of nitrogens with zero attached hydrogens (tertiary/aromatic N) is 2. The Labute approximate surface area is 146 Å². The number of nitrogens with one attached hydrogen (secondary N) is 2. The van der Waals surface area contributed by atoms with Gasteiger partial charge in [0.1, 0.15) is 11.6 Å². The molecular formula is C18H14F4N4. The third-order valence-electron chi connectivity index (χ3n) is 3.40. The zero-order valence-corrected chi connectivity index (χ0v) is 13.6. The maximum atomic E-state index is 13.3. The summed E-state index contributed by atoms with van der Waals surface area (Å²) in [6.45, 7) is 1.72. The highest BCUT2D eigenvalue weighted by atomic mass is 19.4. The highest BCUT2D eigenvalue weighted by Gasteiger charge is 2.30. The van der Waals surface area contributed by atoms with Gasteiger partial charge in [-0.2, -0.15) is 18.2 Å². The molecule has 26 heavy (non-hydrogen) atoms. The van der Waals surface area contributed by atoms with Gasteiger partial charge in [-0.1, -0.05) is 12.1 Å². The van der Waals surface area contributed by atoms with E-state index in [2.05, 4.69) is 20.6 Å². The van der Waals surface area contributed by atoms with Crippen LogP contribution in [0.5, 0.6) is 0 Å². The van der Waals surface area contributed by atoms with Crippen LogP contribution in [0.2, 0.25) is 0 Å². The van der Waals surface area contributed by atoms with Crippen LogP contribution in [-0.2, 0) is 6.18 Å². The number of benzene rings is 2. The van der Waals surface area contributed by atoms with Gasteiger partial charge in [-0.3, -0.25) is 0 Å². The molecule has 0 radical (unpaired) electrons. The Hall–Kier alpha value is -3.16. The molecule has 4 nitrogen and oxygen atoms in total. The number of aryl methyl sites for hydroxylation is 1. The molecule has 0 fully saturated rings. The summed E-state index contributed by atoms with van der Waals surface area (Å²) in [5.41, 5.74) is 0.537. The molecule has 0 aliphatic carbocycles. The fraction of sp³-hybridized carbons (Fsp3) is 0.111. The van der Waals surface area contributed by atoms with Crippen molar-refractivity contribution in [2.45, 2.75) is 13.1 Å². The Morgan fingerprint density at radius 2 is 1.54 bits per heavy atom. The van der Waals surface area contributed by atoms with Crippen molar-refractivity contribution in [2.75, 3.05) is 10.6 Å². The van der Waals surface area contributed by atoms with Crippen molar-refractivity contribution in [3.8, 4) is 0 Å². The lowest BCUT2D eigenvalue weighted by molar-refractivity contribution is -0.137. The molecular weight excluding hydrogens is 348 g/mol. The monoisotopic (exact) mass is 362 g/mol. The van der Waals surface area contributed by atoms with E-state index < -0.39 is 17.6 Å². The van der Waals surface area contributed by atoms with E-state index in [0.717, 1.165) is 12.1 Å². The molecule has 2 aromatic carbocycles. The molecule has 8 heteroatoms. The van der Waals surface area contributed by atoms with Crippen molar-refractivity contribution >= 4 is 23.1 Å². The van der Waals surface area contributed by atoms with Crippen molar-refractivity contribution in [1.29, 1.82) is 0 Å². The summed E-state index contributed by atoms with van der Waals surface area (Å²) in [5, 5.41) is 5.69. The van der Waals surface area contributed by atoms with E-state index in [9.17, 15) is 17.6 Å². The van der Waals surface area contributed by atoms with Gasteiger partial charge in [0.05, 0.1) is 5.56 Å². The predicted octanol–water partition coefficient (Wildman–Crippen LogP) is 5.43. The van der Waals surface area contributed by atoms with Crippen molar-refractivity contribution in [2.24, 2.45) is 0 Å². The Morgan fingerprint density at radius 1 is 0.846 bits per heavy atom. The van der Waals surface area contributed by atoms with Crippen LogP contribution in [0.3, 0.4) is 0 Å². The molecule has 0 spiro atoms. The number of aromatic nitrogens is 2. The molecule has 3 aromatic rings. The van der Waals surface area contributed by atoms with Gasteiger partial charge in [0.2, 0.25) is 5.95 Å². The largest absolute Gasteiger partial charge is 0.416 e. The second kappa shape index (κ2) is 6.99. The smallest absolute Gasteiger partial charge is 0.340 e. The summed E-state index contributed by atoms with van der Waals surface area (Å²) in [7, 11) is 0. The summed E-state index contributed by atoms with van der Waals surface area (Å²) in [6, 6.07) is 12.2. The summed E-state index contributed by atoms with van der Waals surface area (Å²) in [4.78, 5) is 8.40. The second-order valence-corrected chi connectivity index (χ2v) is 5.56. The summed E-state index contributed by atoms with van der Waals surface area (Å²) in [6.07, 6.45) is -4.43. The molecule has 0 aliphatic rings. The first-order valence-electron chi connectivity index (χ1n) is 7.62. The summed E-state index contributed by atoms with van der Waals surface area (Å²) in [5.74, 6) is 0.103. The van der Waals surface area contributed by atoms with Crippen LogP contribution >= 0.6 is 0 Å². The van der Waals surface area contributed by atoms with Crippen LogP contribution in [0, 0.1) is 12.7 Å². The highest BCUT2D eigenvalue weighted by molar-refractivity contribution is 5.60. The molecule has 0 saturated carbocycles. The van der Waals surface area contributed by atoms with Crippen LogP contribution in [0.4, 0.5) is 40.7 Å². The average molecular weight is 362 g/mol. The molecule has 0 atom stereocenters. The van der Waals surface area contributed by atoms with E-state index in [-0.39, 0.29) is 11.6 Å². The van der Waals surface area contributed by atoms with E-state index in [0.29, 0.717) is 17.2 Å². The van der Waals surface area contributed by atoms with Crippen molar-refractivity contribution < 1.29 is 17.6 Å². The lowest BCUT2D eigenvalue weighted by atomic mass is 10.2. The van der Waals surface area contributed by atoms with Crippen LogP contribution in [0.1, 0.15) is 11.3 Å². The van der Waals surface area contributed by atoms with Crippen LogP contribution in [-0.4, -0.2) is 9.97 Å². The third-order valence-corrected chi connectivity index (χ3v) is 3.40. The fourth-order valence-corrected chi connectivity index (χ4v) is 2.30. The highest BCUT2D eigenvalue weighted by Crippen LogP contribution is 2.31. The van der Waals surface area contributed by atoms with E-state index in [1.807, 2.05) is 0 Å². The molecule has 3 rings (SSSR count). The zero-order valence-electron chi connectivity index (χ0n) is 13.6. The van der Waals surface area contributed by atoms with Gasteiger partial charge in [-0.05, 0) is 43.3 Å². The SMILES string of the molecule is Cc1cc(Nc2cccc(C(F)(F)F)c2)nc(Nc2cccc(F)c2)n1. The zero-order chi connectivity index (χ0) is 18.7. The number of hydrogen-bond acceptors (Lipinski definition) is 4. The standard InChI is InChI=1S/C18H14F4N4/c1-11-8-16(24-14-6-2-4-12(9-14)18(20,21)22)26-17(23-11)25-15-7-3-5-13(19)10-15/h2-10H,1H3,(H2,23,24,25,26). The number of anilines is 4. The Kier molecular flexibility index (Phi) is 4.75. The molecule has 0 saturated heterocycles. The van der Waals surface area contributed by atoms with Gasteiger partial charge < -0.3 is 10.6 Å². The minimum absolute atomic E-state index is 0.199. The number of halogens is 4. The lowest BCUT2D eigenvalue weighted by Gasteiger charge is -2.12. The molecule has 0 unspecified atom stereocenters. The maximum Gasteiger partial charge on any atom is 0.416 e. The van der Waals surface area contributed by atoms with Gasteiger partial charge >= 0.3 is 6.18 Å². The Bertz CT molecular complexity index is 925. The summed E-state index contributed by atoms with van der Waals surface area (Å²) >= 11 is 0. The Morgan fingerprint density at radius 3 is 2.23 bits per heavy atom. The number of hydrogen-bond donors (Lipinski definition) is 2. The van der Waals surface area contributed by atoms with E-state index >= 15 is 0 Å². The molecule has 134 valence electrons. The van der Waals surface area contributed by atoms with Crippen LogP contribution < -0.4 is 10.6 Å². The maximum absolute atomic E-state index is 13.3. The van der Waals surface area contributed by atoms with Gasteiger partial charge in [0, 0.05) is 23.1 Å². The average Bonchev–Trinajstić information content (AvgIpc) is 2.53. The Balaban J connectivity index is 1.84. The minimum Gasteiger partial charge on any atom is -0.340 e. The van der Waals surface area contributed by atoms with Crippen molar-refractivity contribution in [3.05, 3.63) is 71.7 Å². The first-order chi connectivity index (χ1) is 12.3. The number of rotatable bonds is 4. The molecule has 0 amide bonds. The van der Waals surface area contributed by atoms with Crippen LogP contribution in [0.15, 0.2) is 54.6 Å². The second-order valence-electron chi connectivity index (χ2n) is 5.56. The normalized spacial score (nSPS) is 11.3. The number of alkyl halides is 3.